The van der Waals surface area contributed by atoms with Gasteiger partial charge in [-0.15, -0.1) is 0 Å². The first-order valence-electron chi connectivity index (χ1n) is 8.76. The molecule has 10 heteroatoms. The molecule has 2 amide bonds. The van der Waals surface area contributed by atoms with Gasteiger partial charge in [-0.05, 0) is 36.4 Å². The van der Waals surface area contributed by atoms with Gasteiger partial charge in [0.2, 0.25) is 17.6 Å². The fourth-order valence-electron chi connectivity index (χ4n) is 2.70. The Morgan fingerprint density at radius 1 is 1.21 bits per heavy atom. The quantitative estimate of drug-likeness (QED) is 0.710. The maximum absolute atomic E-state index is 13.0. The summed E-state index contributed by atoms with van der Waals surface area (Å²) in [5.74, 6) is -0.631. The van der Waals surface area contributed by atoms with Crippen molar-refractivity contribution in [2.24, 2.45) is 5.10 Å². The Balaban J connectivity index is 1.47. The number of pyridine rings is 1. The van der Waals surface area contributed by atoms with Crippen molar-refractivity contribution in [3.8, 4) is 11.4 Å². The second-order valence-corrected chi connectivity index (χ2v) is 6.22. The van der Waals surface area contributed by atoms with Crippen molar-refractivity contribution in [3.63, 3.8) is 0 Å². The molecule has 9 nitrogen and oxygen atoms in total. The van der Waals surface area contributed by atoms with Crippen LogP contribution in [-0.4, -0.2) is 44.2 Å². The summed E-state index contributed by atoms with van der Waals surface area (Å²) >= 11 is 0. The average Bonchev–Trinajstić information content (AvgIpc) is 3.22. The van der Waals surface area contributed by atoms with Gasteiger partial charge in [-0.1, -0.05) is 5.16 Å². The topological polar surface area (TPSA) is 114 Å². The van der Waals surface area contributed by atoms with Crippen molar-refractivity contribution in [2.45, 2.75) is 12.8 Å². The van der Waals surface area contributed by atoms with Crippen LogP contribution in [0.25, 0.3) is 11.4 Å². The molecule has 29 heavy (non-hydrogen) atoms. The van der Waals surface area contributed by atoms with E-state index in [0.717, 1.165) is 5.01 Å². The number of hydrogen-bond donors (Lipinski definition) is 1. The molecule has 0 unspecified atom stereocenters. The van der Waals surface area contributed by atoms with Crippen molar-refractivity contribution in [1.82, 2.24) is 20.1 Å². The van der Waals surface area contributed by atoms with E-state index in [4.69, 9.17) is 4.52 Å². The van der Waals surface area contributed by atoms with E-state index in [9.17, 15) is 14.0 Å². The average molecular weight is 394 g/mol. The lowest BCUT2D eigenvalue weighted by molar-refractivity contribution is -0.135. The Kier molecular flexibility index (Phi) is 5.06. The Hall–Kier alpha value is -3.95. The lowest BCUT2D eigenvalue weighted by atomic mass is 10.1. The van der Waals surface area contributed by atoms with E-state index in [2.05, 4.69) is 25.5 Å². The molecule has 3 aromatic rings. The van der Waals surface area contributed by atoms with Crippen LogP contribution in [0.15, 0.2) is 58.4 Å². The number of rotatable bonds is 5. The minimum atomic E-state index is -0.462. The highest BCUT2D eigenvalue weighted by atomic mass is 19.1. The summed E-state index contributed by atoms with van der Waals surface area (Å²) < 4.78 is 18.2. The summed E-state index contributed by atoms with van der Waals surface area (Å²) in [6.45, 7) is -0.288. The zero-order chi connectivity index (χ0) is 20.2. The van der Waals surface area contributed by atoms with Crippen molar-refractivity contribution < 1.29 is 18.5 Å². The van der Waals surface area contributed by atoms with Crippen LogP contribution in [-0.2, 0) is 9.59 Å². The third-order valence-corrected chi connectivity index (χ3v) is 4.12. The van der Waals surface area contributed by atoms with E-state index < -0.39 is 11.7 Å². The van der Waals surface area contributed by atoms with Gasteiger partial charge in [0.1, 0.15) is 18.1 Å². The van der Waals surface area contributed by atoms with Gasteiger partial charge in [0, 0.05) is 36.5 Å². The molecule has 1 N–H and O–H groups in total. The van der Waals surface area contributed by atoms with Gasteiger partial charge in [0.25, 0.3) is 5.89 Å². The molecule has 2 aromatic heterocycles. The first-order chi connectivity index (χ1) is 14.1. The molecular formula is C19H15FN6O3. The van der Waals surface area contributed by atoms with Crippen LogP contribution in [0.3, 0.4) is 0 Å². The van der Waals surface area contributed by atoms with Gasteiger partial charge in [-0.3, -0.25) is 14.6 Å². The predicted octanol–water partition coefficient (Wildman–Crippen LogP) is 2.24. The molecule has 0 bridgehead atoms. The maximum atomic E-state index is 13.0. The van der Waals surface area contributed by atoms with Crippen molar-refractivity contribution in [2.75, 3.05) is 11.9 Å². The van der Waals surface area contributed by atoms with Crippen LogP contribution in [0.4, 0.5) is 10.1 Å². The molecule has 3 heterocycles. The molecule has 146 valence electrons. The molecule has 0 atom stereocenters. The van der Waals surface area contributed by atoms with Crippen LogP contribution in [0, 0.1) is 5.82 Å². The number of carbonyl (C=O) groups is 2. The lowest BCUT2D eigenvalue weighted by Gasteiger charge is -2.21. The largest absolute Gasteiger partial charge is 0.332 e. The van der Waals surface area contributed by atoms with E-state index in [-0.39, 0.29) is 24.8 Å². The van der Waals surface area contributed by atoms with Crippen molar-refractivity contribution in [3.05, 3.63) is 60.5 Å². The summed E-state index contributed by atoms with van der Waals surface area (Å²) in [4.78, 5) is 32.7. The minimum Gasteiger partial charge on any atom is -0.332 e. The first-order valence-corrected chi connectivity index (χ1v) is 8.76. The number of hydrogen-bond acceptors (Lipinski definition) is 7. The smallest absolute Gasteiger partial charge is 0.274 e. The minimum absolute atomic E-state index is 0.160. The zero-order valence-corrected chi connectivity index (χ0v) is 15.1. The van der Waals surface area contributed by atoms with E-state index in [0.29, 0.717) is 29.2 Å². The summed E-state index contributed by atoms with van der Waals surface area (Å²) in [7, 11) is 0. The van der Waals surface area contributed by atoms with Gasteiger partial charge < -0.3 is 9.84 Å². The summed E-state index contributed by atoms with van der Waals surface area (Å²) in [5, 5.41) is 11.8. The highest BCUT2D eigenvalue weighted by molar-refractivity contribution is 6.02. The first kappa shape index (κ1) is 18.4. The van der Waals surface area contributed by atoms with Gasteiger partial charge in [0.15, 0.2) is 0 Å². The Morgan fingerprint density at radius 3 is 2.79 bits per heavy atom. The van der Waals surface area contributed by atoms with Gasteiger partial charge >= 0.3 is 0 Å². The van der Waals surface area contributed by atoms with E-state index in [1.165, 1.54) is 24.3 Å². The number of nitrogens with one attached hydrogen (secondary N) is 1. The molecule has 0 spiro atoms. The van der Waals surface area contributed by atoms with Crippen LogP contribution in [0.2, 0.25) is 0 Å². The number of carbonyl (C=O) groups excluding carboxylic acids is 2. The van der Waals surface area contributed by atoms with E-state index in [1.54, 1.807) is 24.5 Å². The Morgan fingerprint density at radius 2 is 2.03 bits per heavy atom. The summed E-state index contributed by atoms with van der Waals surface area (Å²) in [6, 6.07) is 8.86. The number of nitrogens with zero attached hydrogens (tertiary/aromatic N) is 5. The fourth-order valence-corrected chi connectivity index (χ4v) is 2.70. The number of amides is 2. The number of anilines is 1. The van der Waals surface area contributed by atoms with Gasteiger partial charge in [-0.2, -0.15) is 10.1 Å². The molecule has 1 aromatic carbocycles. The highest BCUT2D eigenvalue weighted by Crippen LogP contribution is 2.18. The van der Waals surface area contributed by atoms with E-state index >= 15 is 0 Å². The molecular weight excluding hydrogens is 379 g/mol. The predicted molar refractivity (Wildman–Crippen MR) is 100 cm³/mol. The fraction of sp³-hybridized carbons (Fsp3) is 0.158. The molecule has 0 saturated carbocycles. The highest BCUT2D eigenvalue weighted by Gasteiger charge is 2.26. The lowest BCUT2D eigenvalue weighted by Crippen LogP contribution is -2.38. The third kappa shape index (κ3) is 4.32. The Labute approximate surface area is 164 Å². The normalized spacial score (nSPS) is 13.9. The van der Waals surface area contributed by atoms with Crippen LogP contribution < -0.4 is 5.32 Å². The monoisotopic (exact) mass is 394 g/mol. The van der Waals surface area contributed by atoms with E-state index in [1.807, 2.05) is 0 Å². The second-order valence-electron chi connectivity index (χ2n) is 6.22. The molecule has 0 radical (unpaired) electrons. The molecule has 0 aliphatic carbocycles. The molecule has 1 aliphatic rings. The number of halogens is 1. The summed E-state index contributed by atoms with van der Waals surface area (Å²) in [6.07, 6.45) is 3.72. The number of aromatic nitrogens is 3. The molecule has 0 saturated heterocycles. The van der Waals surface area contributed by atoms with Gasteiger partial charge in [-0.25, -0.2) is 9.40 Å². The SMILES string of the molecule is O=C(CN1N=C(c2nc(-c3cccnc3)no2)CCC1=O)Nc1ccc(F)cc1. The summed E-state index contributed by atoms with van der Waals surface area (Å²) in [5.41, 5.74) is 1.52. The van der Waals surface area contributed by atoms with Gasteiger partial charge in [0.05, 0.1) is 0 Å². The van der Waals surface area contributed by atoms with Crippen LogP contribution >= 0.6 is 0 Å². The van der Waals surface area contributed by atoms with Crippen LogP contribution in [0.5, 0.6) is 0 Å². The molecule has 0 fully saturated rings. The van der Waals surface area contributed by atoms with Crippen molar-refractivity contribution >= 4 is 23.2 Å². The second kappa shape index (κ2) is 7.97. The number of hydrazone groups is 1. The Bertz CT molecular complexity index is 1070. The third-order valence-electron chi connectivity index (χ3n) is 4.12. The zero-order valence-electron chi connectivity index (χ0n) is 15.1. The standard InChI is InChI=1S/C19H15FN6O3/c20-13-3-5-14(6-4-13)22-16(27)11-26-17(28)8-7-15(24-26)19-23-18(25-29-19)12-2-1-9-21-10-12/h1-6,9-10H,7-8,11H2,(H,22,27). The van der Waals surface area contributed by atoms with Crippen molar-refractivity contribution in [1.29, 1.82) is 0 Å². The number of benzene rings is 1. The maximum Gasteiger partial charge on any atom is 0.274 e. The molecule has 1 aliphatic heterocycles. The molecule has 4 rings (SSSR count). The van der Waals surface area contributed by atoms with Crippen LogP contribution in [0.1, 0.15) is 18.7 Å².